The Morgan fingerprint density at radius 3 is 2.30 bits per heavy atom. The number of benzene rings is 2. The highest BCUT2D eigenvalue weighted by molar-refractivity contribution is 5.81. The molecule has 0 bridgehead atoms. The van der Waals surface area contributed by atoms with E-state index in [4.69, 9.17) is 5.73 Å². The molecule has 1 saturated heterocycles. The Kier molecular flexibility index (Phi) is 7.02. The Morgan fingerprint density at radius 2 is 1.67 bits per heavy atom. The fourth-order valence-electron chi connectivity index (χ4n) is 3.76. The third-order valence-corrected chi connectivity index (χ3v) is 5.55. The largest absolute Gasteiger partial charge is 0.353 e. The number of carbonyl (C=O) groups is 1. The second kappa shape index (κ2) is 9.67. The number of nitrogens with one attached hydrogen (secondary N) is 1. The third-order valence-electron chi connectivity index (χ3n) is 5.55. The van der Waals surface area contributed by atoms with Crippen LogP contribution in [0.3, 0.4) is 0 Å². The van der Waals surface area contributed by atoms with Crippen LogP contribution in [0.4, 0.5) is 0 Å². The van der Waals surface area contributed by atoms with Crippen molar-refractivity contribution in [3.63, 3.8) is 0 Å². The first-order chi connectivity index (χ1) is 13.1. The molecule has 0 radical (unpaired) electrons. The predicted molar refractivity (Wildman–Crippen MR) is 110 cm³/mol. The van der Waals surface area contributed by atoms with Crippen LogP contribution in [0.1, 0.15) is 36.9 Å². The van der Waals surface area contributed by atoms with Gasteiger partial charge in [-0.15, -0.1) is 0 Å². The molecular weight excluding hydrogens is 334 g/mol. The second-order valence-electron chi connectivity index (χ2n) is 7.69. The van der Waals surface area contributed by atoms with Gasteiger partial charge in [-0.05, 0) is 49.4 Å². The molecule has 2 unspecified atom stereocenters. The van der Waals surface area contributed by atoms with Crippen molar-refractivity contribution in [2.75, 3.05) is 19.6 Å². The SMILES string of the molecule is CC1CCN(C(CNC(=O)C(N)Cc2ccccc2)c2ccccc2)CC1. The van der Waals surface area contributed by atoms with Gasteiger partial charge in [0.1, 0.15) is 0 Å². The van der Waals surface area contributed by atoms with Crippen LogP contribution >= 0.6 is 0 Å². The highest BCUT2D eigenvalue weighted by Gasteiger charge is 2.25. The van der Waals surface area contributed by atoms with Gasteiger partial charge in [0.15, 0.2) is 0 Å². The summed E-state index contributed by atoms with van der Waals surface area (Å²) in [6, 6.07) is 20.1. The van der Waals surface area contributed by atoms with E-state index < -0.39 is 6.04 Å². The maximum atomic E-state index is 12.6. The Labute approximate surface area is 162 Å². The highest BCUT2D eigenvalue weighted by Crippen LogP contribution is 2.26. The summed E-state index contributed by atoms with van der Waals surface area (Å²) in [5.41, 5.74) is 8.49. The van der Waals surface area contributed by atoms with Gasteiger partial charge in [0.05, 0.1) is 12.1 Å². The average Bonchev–Trinajstić information content (AvgIpc) is 2.71. The van der Waals surface area contributed by atoms with Crippen LogP contribution in [-0.2, 0) is 11.2 Å². The first-order valence-corrected chi connectivity index (χ1v) is 9.99. The maximum Gasteiger partial charge on any atom is 0.237 e. The number of nitrogens with zero attached hydrogens (tertiary/aromatic N) is 1. The Bertz CT molecular complexity index is 696. The molecule has 0 saturated carbocycles. The van der Waals surface area contributed by atoms with Crippen molar-refractivity contribution in [2.45, 2.75) is 38.3 Å². The Balaban J connectivity index is 1.61. The fraction of sp³-hybridized carbons (Fsp3) is 0.435. The maximum absolute atomic E-state index is 12.6. The van der Waals surface area contributed by atoms with Crippen molar-refractivity contribution < 1.29 is 4.79 Å². The summed E-state index contributed by atoms with van der Waals surface area (Å²) < 4.78 is 0. The number of nitrogens with two attached hydrogens (primary N) is 1. The lowest BCUT2D eigenvalue weighted by molar-refractivity contribution is -0.122. The lowest BCUT2D eigenvalue weighted by Gasteiger charge is -2.37. The molecule has 0 spiro atoms. The summed E-state index contributed by atoms with van der Waals surface area (Å²) in [7, 11) is 0. The number of likely N-dealkylation sites (tertiary alicyclic amines) is 1. The molecule has 144 valence electrons. The summed E-state index contributed by atoms with van der Waals surface area (Å²) >= 11 is 0. The van der Waals surface area contributed by atoms with Gasteiger partial charge in [0, 0.05) is 6.54 Å². The average molecular weight is 366 g/mol. The van der Waals surface area contributed by atoms with Crippen molar-refractivity contribution >= 4 is 5.91 Å². The van der Waals surface area contributed by atoms with E-state index in [1.807, 2.05) is 36.4 Å². The number of piperidine rings is 1. The number of carbonyl (C=O) groups excluding carboxylic acids is 1. The molecule has 2 aromatic rings. The standard InChI is InChI=1S/C23H31N3O/c1-18-12-14-26(15-13-18)22(20-10-6-3-7-11-20)17-25-23(27)21(24)16-19-8-4-2-5-9-19/h2-11,18,21-22H,12-17,24H2,1H3,(H,25,27). The molecule has 2 atom stereocenters. The molecule has 1 heterocycles. The van der Waals surface area contributed by atoms with Crippen LogP contribution in [0.25, 0.3) is 0 Å². The quantitative estimate of drug-likeness (QED) is 0.792. The zero-order chi connectivity index (χ0) is 19.1. The number of hydrogen-bond acceptors (Lipinski definition) is 3. The Hall–Kier alpha value is -2.17. The van der Waals surface area contributed by atoms with E-state index in [0.29, 0.717) is 13.0 Å². The molecule has 2 aromatic carbocycles. The summed E-state index contributed by atoms with van der Waals surface area (Å²) in [6.45, 7) is 5.07. The van der Waals surface area contributed by atoms with Crippen LogP contribution in [0.2, 0.25) is 0 Å². The minimum absolute atomic E-state index is 0.0786. The molecule has 3 rings (SSSR count). The number of amides is 1. The number of rotatable bonds is 7. The number of hydrogen-bond donors (Lipinski definition) is 2. The molecule has 1 amide bonds. The molecule has 0 aromatic heterocycles. The van der Waals surface area contributed by atoms with E-state index in [-0.39, 0.29) is 11.9 Å². The van der Waals surface area contributed by atoms with E-state index in [2.05, 4.69) is 41.4 Å². The molecule has 27 heavy (non-hydrogen) atoms. The molecule has 1 aliphatic rings. The Morgan fingerprint density at radius 1 is 1.07 bits per heavy atom. The van der Waals surface area contributed by atoms with E-state index in [1.54, 1.807) is 0 Å². The summed E-state index contributed by atoms with van der Waals surface area (Å²) in [5.74, 6) is 0.705. The minimum Gasteiger partial charge on any atom is -0.353 e. The highest BCUT2D eigenvalue weighted by atomic mass is 16.2. The smallest absolute Gasteiger partial charge is 0.237 e. The molecule has 0 aliphatic carbocycles. The minimum atomic E-state index is -0.523. The third kappa shape index (κ3) is 5.65. The van der Waals surface area contributed by atoms with Crippen LogP contribution in [0, 0.1) is 5.92 Å². The van der Waals surface area contributed by atoms with E-state index >= 15 is 0 Å². The van der Waals surface area contributed by atoms with Crippen LogP contribution < -0.4 is 11.1 Å². The van der Waals surface area contributed by atoms with Gasteiger partial charge in [-0.3, -0.25) is 9.69 Å². The van der Waals surface area contributed by atoms with Crippen molar-refractivity contribution in [3.8, 4) is 0 Å². The first kappa shape index (κ1) is 19.6. The summed E-state index contributed by atoms with van der Waals surface area (Å²) in [4.78, 5) is 15.1. The van der Waals surface area contributed by atoms with Gasteiger partial charge < -0.3 is 11.1 Å². The zero-order valence-electron chi connectivity index (χ0n) is 16.2. The van der Waals surface area contributed by atoms with Crippen molar-refractivity contribution in [1.82, 2.24) is 10.2 Å². The summed E-state index contributed by atoms with van der Waals surface area (Å²) in [6.07, 6.45) is 2.99. The molecule has 1 aliphatic heterocycles. The predicted octanol–water partition coefficient (Wildman–Crippen LogP) is 3.15. The van der Waals surface area contributed by atoms with E-state index in [0.717, 1.165) is 24.6 Å². The van der Waals surface area contributed by atoms with Gasteiger partial charge in [-0.25, -0.2) is 0 Å². The molecule has 1 fully saturated rings. The monoisotopic (exact) mass is 365 g/mol. The van der Waals surface area contributed by atoms with Crippen LogP contribution in [-0.4, -0.2) is 36.5 Å². The van der Waals surface area contributed by atoms with Crippen molar-refractivity contribution in [2.24, 2.45) is 11.7 Å². The van der Waals surface area contributed by atoms with Gasteiger partial charge in [0.25, 0.3) is 0 Å². The molecule has 4 nitrogen and oxygen atoms in total. The van der Waals surface area contributed by atoms with E-state index in [1.165, 1.54) is 18.4 Å². The van der Waals surface area contributed by atoms with Gasteiger partial charge in [-0.1, -0.05) is 67.6 Å². The van der Waals surface area contributed by atoms with Crippen LogP contribution in [0.15, 0.2) is 60.7 Å². The lowest BCUT2D eigenvalue weighted by atomic mass is 9.95. The van der Waals surface area contributed by atoms with Gasteiger partial charge in [0.2, 0.25) is 5.91 Å². The fourth-order valence-corrected chi connectivity index (χ4v) is 3.76. The lowest BCUT2D eigenvalue weighted by Crippen LogP contribution is -2.46. The van der Waals surface area contributed by atoms with Crippen LogP contribution in [0.5, 0.6) is 0 Å². The normalized spacial score (nSPS) is 18.0. The van der Waals surface area contributed by atoms with E-state index in [9.17, 15) is 4.79 Å². The molecular formula is C23H31N3O. The molecule has 4 heteroatoms. The topological polar surface area (TPSA) is 58.4 Å². The van der Waals surface area contributed by atoms with Gasteiger partial charge in [-0.2, -0.15) is 0 Å². The van der Waals surface area contributed by atoms with Gasteiger partial charge >= 0.3 is 0 Å². The second-order valence-corrected chi connectivity index (χ2v) is 7.69. The molecule has 3 N–H and O–H groups in total. The van der Waals surface area contributed by atoms with Crippen molar-refractivity contribution in [1.29, 1.82) is 0 Å². The van der Waals surface area contributed by atoms with Crippen molar-refractivity contribution in [3.05, 3.63) is 71.8 Å². The first-order valence-electron chi connectivity index (χ1n) is 9.99. The zero-order valence-corrected chi connectivity index (χ0v) is 16.2. The summed E-state index contributed by atoms with van der Waals surface area (Å²) in [5, 5.41) is 3.10.